The van der Waals surface area contributed by atoms with Gasteiger partial charge in [-0.05, 0) is 52.3 Å². The van der Waals surface area contributed by atoms with Crippen LogP contribution in [0.2, 0.25) is 5.02 Å². The highest BCUT2D eigenvalue weighted by atomic mass is 35.5. The number of carbonyl (C=O) groups excluding carboxylic acids is 2. The van der Waals surface area contributed by atoms with E-state index >= 15 is 0 Å². The van der Waals surface area contributed by atoms with Crippen LogP contribution in [0.3, 0.4) is 0 Å². The van der Waals surface area contributed by atoms with Crippen molar-refractivity contribution < 1.29 is 19.4 Å². The summed E-state index contributed by atoms with van der Waals surface area (Å²) in [5, 5.41) is 10.5. The van der Waals surface area contributed by atoms with E-state index in [1.54, 1.807) is 44.1 Å². The average molecular weight is 544 g/mol. The molecule has 1 aliphatic heterocycles. The first-order valence-corrected chi connectivity index (χ1v) is 13.1. The van der Waals surface area contributed by atoms with E-state index in [1.165, 1.54) is 6.92 Å². The third-order valence-corrected chi connectivity index (χ3v) is 6.98. The number of aliphatic hydroxyl groups is 1. The quantitative estimate of drug-likeness (QED) is 0.433. The number of anilines is 1. The minimum atomic E-state index is -0.575. The minimum absolute atomic E-state index is 0.0428. The summed E-state index contributed by atoms with van der Waals surface area (Å²) in [6, 6.07) is 5.13. The van der Waals surface area contributed by atoms with Gasteiger partial charge in [0, 0.05) is 44.0 Å². The highest BCUT2D eigenvalue weighted by molar-refractivity contribution is 6.33. The third kappa shape index (κ3) is 6.10. The average Bonchev–Trinajstić information content (AvgIpc) is 2.82. The number of halogens is 1. The predicted molar refractivity (Wildman–Crippen MR) is 150 cm³/mol. The van der Waals surface area contributed by atoms with Crippen LogP contribution in [0.1, 0.15) is 51.8 Å². The summed E-state index contributed by atoms with van der Waals surface area (Å²) in [5.74, 6) is 1.25. The van der Waals surface area contributed by atoms with Crippen molar-refractivity contribution in [3.63, 3.8) is 0 Å². The van der Waals surface area contributed by atoms with E-state index in [9.17, 15) is 14.7 Å². The first kappa shape index (κ1) is 29.4. The number of aliphatic hydroxyl groups excluding tert-OH is 1. The molecule has 1 aromatic heterocycles. The first-order valence-electron chi connectivity index (χ1n) is 12.7. The molecular formula is C28H38ClN5O4. The molecule has 0 bridgehead atoms. The molecule has 1 saturated heterocycles. The maximum Gasteiger partial charge on any atom is 0.231 e. The minimum Gasteiger partial charge on any atom is -0.491 e. The second-order valence-corrected chi connectivity index (χ2v) is 10.9. The molecule has 3 N–H and O–H groups in total. The molecule has 2 aromatic rings. The molecule has 1 fully saturated rings. The van der Waals surface area contributed by atoms with E-state index < -0.39 is 11.5 Å². The summed E-state index contributed by atoms with van der Waals surface area (Å²) >= 11 is 6.59. The number of rotatable bonds is 10. The van der Waals surface area contributed by atoms with Gasteiger partial charge in [0.05, 0.1) is 27.8 Å². The van der Waals surface area contributed by atoms with Gasteiger partial charge in [0.2, 0.25) is 5.91 Å². The molecule has 2 heterocycles. The van der Waals surface area contributed by atoms with E-state index in [4.69, 9.17) is 32.0 Å². The number of hydrogen-bond donors (Lipinski definition) is 2. The summed E-state index contributed by atoms with van der Waals surface area (Å²) in [5.41, 5.74) is 7.87. The van der Waals surface area contributed by atoms with E-state index in [0.717, 1.165) is 6.42 Å². The molecule has 9 nitrogen and oxygen atoms in total. The Morgan fingerprint density at radius 2 is 1.92 bits per heavy atom. The van der Waals surface area contributed by atoms with Crippen LogP contribution in [0.15, 0.2) is 23.9 Å². The standard InChI is InChI=1S/C28H38ClN5O4/c1-8-9-19(36)13-38-20-10-11-22(29)21(12-20)25-31-24(23(17(3)30)18(4)35)16(2)26(32-25)34-14-28(5,15-34)27(37)33(6)7/h10-12,19,36H,8-9,13-15,30H2,1-7H3/t19-/m1/s1. The van der Waals surface area contributed by atoms with E-state index in [-0.39, 0.29) is 18.3 Å². The molecular weight excluding hydrogens is 506 g/mol. The normalized spacial score (nSPS) is 15.9. The lowest BCUT2D eigenvalue weighted by Gasteiger charge is -2.48. The van der Waals surface area contributed by atoms with Crippen molar-refractivity contribution in [2.75, 3.05) is 38.7 Å². The molecule has 0 aliphatic carbocycles. The number of hydrogen-bond acceptors (Lipinski definition) is 8. The number of carbonyl (C=O) groups is 2. The van der Waals surface area contributed by atoms with Crippen LogP contribution in [0.5, 0.6) is 5.75 Å². The smallest absolute Gasteiger partial charge is 0.231 e. The Hall–Kier alpha value is -3.17. The van der Waals surface area contributed by atoms with Crippen molar-refractivity contribution in [1.29, 1.82) is 0 Å². The molecule has 1 amide bonds. The highest BCUT2D eigenvalue weighted by Gasteiger charge is 2.47. The Bertz CT molecular complexity index is 1250. The molecule has 1 aromatic carbocycles. The van der Waals surface area contributed by atoms with Crippen molar-refractivity contribution in [3.8, 4) is 17.1 Å². The number of ether oxygens (including phenoxy) is 1. The Balaban J connectivity index is 2.11. The van der Waals surface area contributed by atoms with Gasteiger partial charge in [0.15, 0.2) is 11.6 Å². The Morgan fingerprint density at radius 1 is 1.26 bits per heavy atom. The number of allylic oxidation sites excluding steroid dienone is 2. The fourth-order valence-electron chi connectivity index (χ4n) is 4.80. The largest absolute Gasteiger partial charge is 0.491 e. The first-order chi connectivity index (χ1) is 17.8. The summed E-state index contributed by atoms with van der Waals surface area (Å²) in [6.45, 7) is 9.97. The Kier molecular flexibility index (Phi) is 9.05. The number of benzene rings is 1. The van der Waals surface area contributed by atoms with Gasteiger partial charge < -0.3 is 25.4 Å². The number of nitrogens with two attached hydrogens (primary N) is 1. The molecule has 3 rings (SSSR count). The van der Waals surface area contributed by atoms with Crippen molar-refractivity contribution >= 4 is 34.7 Å². The lowest BCUT2D eigenvalue weighted by molar-refractivity contribution is -0.140. The maximum atomic E-state index is 12.7. The van der Waals surface area contributed by atoms with Gasteiger partial charge in [-0.2, -0.15) is 0 Å². The van der Waals surface area contributed by atoms with Crippen LogP contribution >= 0.6 is 11.6 Å². The monoisotopic (exact) mass is 543 g/mol. The molecule has 206 valence electrons. The summed E-state index contributed by atoms with van der Waals surface area (Å²) in [6.07, 6.45) is 0.911. The molecule has 0 radical (unpaired) electrons. The van der Waals surface area contributed by atoms with Crippen LogP contribution < -0.4 is 15.4 Å². The van der Waals surface area contributed by atoms with E-state index in [2.05, 4.69) is 0 Å². The second kappa shape index (κ2) is 11.7. The summed E-state index contributed by atoms with van der Waals surface area (Å²) in [7, 11) is 3.49. The number of nitrogens with zero attached hydrogens (tertiary/aromatic N) is 4. The van der Waals surface area contributed by atoms with Crippen LogP contribution in [0.25, 0.3) is 17.0 Å². The number of Topliss-reactive ketones (excluding diaryl/α,β-unsaturated/α-hetero) is 1. The van der Waals surface area contributed by atoms with Gasteiger partial charge in [-0.15, -0.1) is 0 Å². The lowest BCUT2D eigenvalue weighted by atomic mass is 9.80. The van der Waals surface area contributed by atoms with E-state index in [0.29, 0.717) is 70.0 Å². The fourth-order valence-corrected chi connectivity index (χ4v) is 5.01. The number of ketones is 1. The van der Waals surface area contributed by atoms with Crippen LogP contribution in [0, 0.1) is 12.3 Å². The van der Waals surface area contributed by atoms with Crippen LogP contribution in [-0.2, 0) is 9.59 Å². The third-order valence-electron chi connectivity index (χ3n) is 6.65. The van der Waals surface area contributed by atoms with E-state index in [1.807, 2.05) is 25.7 Å². The van der Waals surface area contributed by atoms with Gasteiger partial charge in [0.1, 0.15) is 18.2 Å². The number of amides is 1. The second-order valence-electron chi connectivity index (χ2n) is 10.5. The highest BCUT2D eigenvalue weighted by Crippen LogP contribution is 2.40. The molecule has 1 aliphatic rings. The van der Waals surface area contributed by atoms with Crippen molar-refractivity contribution in [2.45, 2.75) is 53.6 Å². The van der Waals surface area contributed by atoms with Gasteiger partial charge >= 0.3 is 0 Å². The lowest BCUT2D eigenvalue weighted by Crippen LogP contribution is -2.62. The van der Waals surface area contributed by atoms with Gasteiger partial charge in [-0.3, -0.25) is 9.59 Å². The summed E-state index contributed by atoms with van der Waals surface area (Å²) in [4.78, 5) is 38.5. The van der Waals surface area contributed by atoms with Crippen molar-refractivity contribution in [2.24, 2.45) is 11.1 Å². The zero-order valence-corrected chi connectivity index (χ0v) is 24.0. The van der Waals surface area contributed by atoms with Gasteiger partial charge in [-0.1, -0.05) is 24.9 Å². The number of aromatic nitrogens is 2. The maximum absolute atomic E-state index is 12.7. The predicted octanol–water partition coefficient (Wildman–Crippen LogP) is 3.84. The zero-order valence-electron chi connectivity index (χ0n) is 23.3. The molecule has 38 heavy (non-hydrogen) atoms. The van der Waals surface area contributed by atoms with Gasteiger partial charge in [0.25, 0.3) is 0 Å². The van der Waals surface area contributed by atoms with Crippen LogP contribution in [-0.4, -0.2) is 71.6 Å². The molecule has 0 saturated carbocycles. The van der Waals surface area contributed by atoms with Crippen LogP contribution in [0.4, 0.5) is 5.82 Å². The summed E-state index contributed by atoms with van der Waals surface area (Å²) < 4.78 is 5.80. The van der Waals surface area contributed by atoms with Crippen molar-refractivity contribution in [1.82, 2.24) is 14.9 Å². The molecule has 0 unspecified atom stereocenters. The Labute approximate surface area is 229 Å². The zero-order chi connectivity index (χ0) is 28.4. The van der Waals surface area contributed by atoms with Gasteiger partial charge in [-0.25, -0.2) is 9.97 Å². The molecule has 0 spiro atoms. The van der Waals surface area contributed by atoms with Crippen molar-refractivity contribution in [3.05, 3.63) is 40.2 Å². The molecule has 10 heteroatoms. The topological polar surface area (TPSA) is 122 Å². The molecule has 1 atom stereocenters. The fraction of sp³-hybridized carbons (Fsp3) is 0.500. The Morgan fingerprint density at radius 3 is 2.47 bits per heavy atom. The SMILES string of the molecule is CCC[C@@H](O)COc1ccc(Cl)c(-c2nc(C(C(C)=O)=C(C)N)c(C)c(N3CC(C)(C(=O)N(C)C)C3)n2)c1.